The molecule has 1 aromatic heterocycles. The molecule has 1 heterocycles. The minimum Gasteiger partial charge on any atom is -0.135 e. The zero-order valence-corrected chi connectivity index (χ0v) is 8.23. The highest BCUT2D eigenvalue weighted by Crippen LogP contribution is 2.22. The van der Waals surface area contributed by atoms with Crippen LogP contribution >= 0.6 is 0 Å². The maximum Gasteiger partial charge on any atom is 0.0714 e. The van der Waals surface area contributed by atoms with Crippen molar-refractivity contribution in [2.24, 2.45) is 0 Å². The average Bonchev–Trinajstić information content (AvgIpc) is 2.19. The van der Waals surface area contributed by atoms with Crippen molar-refractivity contribution >= 4 is 0 Å². The second-order valence-corrected chi connectivity index (χ2v) is 3.20. The molecule has 3 heteroatoms. The van der Waals surface area contributed by atoms with E-state index in [1.807, 2.05) is 32.0 Å². The van der Waals surface area contributed by atoms with E-state index in [9.17, 15) is 0 Å². The molecule has 0 fully saturated rings. The molecule has 0 saturated carbocycles. The summed E-state index contributed by atoms with van der Waals surface area (Å²) in [6.45, 7) is 3.90. The molecule has 0 bridgehead atoms. The number of aromatic nitrogens is 3. The molecule has 2 rings (SSSR count). The number of hydrogen-bond acceptors (Lipinski definition) is 3. The van der Waals surface area contributed by atoms with Crippen molar-refractivity contribution in [1.82, 2.24) is 15.4 Å². The highest BCUT2D eigenvalue weighted by atomic mass is 15.3. The third kappa shape index (κ3) is 1.48. The molecule has 0 unspecified atom stereocenters. The van der Waals surface area contributed by atoms with E-state index >= 15 is 0 Å². The molecular formula is C11H11N3. The van der Waals surface area contributed by atoms with E-state index in [0.29, 0.717) is 0 Å². The zero-order chi connectivity index (χ0) is 9.97. The Hall–Kier alpha value is -1.77. The molecular weight excluding hydrogens is 174 g/mol. The molecule has 0 aliphatic carbocycles. The van der Waals surface area contributed by atoms with Gasteiger partial charge in [0.1, 0.15) is 0 Å². The Balaban J connectivity index is 2.63. The van der Waals surface area contributed by atoms with Gasteiger partial charge in [0.15, 0.2) is 0 Å². The number of benzene rings is 1. The van der Waals surface area contributed by atoms with E-state index < -0.39 is 0 Å². The van der Waals surface area contributed by atoms with Gasteiger partial charge in [-0.1, -0.05) is 30.3 Å². The van der Waals surface area contributed by atoms with Crippen LogP contribution in [0.4, 0.5) is 0 Å². The molecule has 0 amide bonds. The maximum absolute atomic E-state index is 3.96. The van der Waals surface area contributed by atoms with Crippen molar-refractivity contribution in [3.63, 3.8) is 0 Å². The Morgan fingerprint density at radius 3 is 2.00 bits per heavy atom. The van der Waals surface area contributed by atoms with Crippen molar-refractivity contribution in [1.29, 1.82) is 0 Å². The van der Waals surface area contributed by atoms with E-state index in [1.54, 1.807) is 0 Å². The van der Waals surface area contributed by atoms with Gasteiger partial charge in [-0.25, -0.2) is 0 Å². The quantitative estimate of drug-likeness (QED) is 0.683. The van der Waals surface area contributed by atoms with Crippen LogP contribution in [0.3, 0.4) is 0 Å². The lowest BCUT2D eigenvalue weighted by molar-refractivity contribution is 0.819. The summed E-state index contributed by atoms with van der Waals surface area (Å²) in [5.41, 5.74) is 4.07. The van der Waals surface area contributed by atoms with Crippen LogP contribution in [-0.4, -0.2) is 15.4 Å². The van der Waals surface area contributed by atoms with E-state index in [4.69, 9.17) is 0 Å². The van der Waals surface area contributed by atoms with Crippen LogP contribution in [0.1, 0.15) is 11.4 Å². The van der Waals surface area contributed by atoms with Crippen molar-refractivity contribution < 1.29 is 0 Å². The summed E-state index contributed by atoms with van der Waals surface area (Å²) in [7, 11) is 0. The molecule has 2 aromatic rings. The smallest absolute Gasteiger partial charge is 0.0714 e. The number of aryl methyl sites for hydroxylation is 2. The van der Waals surface area contributed by atoms with Crippen LogP contribution < -0.4 is 0 Å². The van der Waals surface area contributed by atoms with Gasteiger partial charge >= 0.3 is 0 Å². The first-order chi connectivity index (χ1) is 6.79. The lowest BCUT2D eigenvalue weighted by atomic mass is 10.0. The van der Waals surface area contributed by atoms with Crippen LogP contribution in [-0.2, 0) is 0 Å². The van der Waals surface area contributed by atoms with Gasteiger partial charge in [-0.15, -0.1) is 10.2 Å². The predicted molar refractivity (Wildman–Crippen MR) is 54.7 cm³/mol. The maximum atomic E-state index is 3.96. The first kappa shape index (κ1) is 8.81. The van der Waals surface area contributed by atoms with E-state index in [0.717, 1.165) is 22.5 Å². The van der Waals surface area contributed by atoms with Gasteiger partial charge in [0.2, 0.25) is 0 Å². The molecule has 0 N–H and O–H groups in total. The van der Waals surface area contributed by atoms with Crippen molar-refractivity contribution in [3.8, 4) is 11.1 Å². The highest BCUT2D eigenvalue weighted by Gasteiger charge is 2.06. The third-order valence-corrected chi connectivity index (χ3v) is 2.18. The van der Waals surface area contributed by atoms with Crippen LogP contribution in [0.5, 0.6) is 0 Å². The molecule has 0 aliphatic heterocycles. The summed E-state index contributed by atoms with van der Waals surface area (Å²) in [6.07, 6.45) is 0. The summed E-state index contributed by atoms with van der Waals surface area (Å²) in [5.74, 6) is 0. The summed E-state index contributed by atoms with van der Waals surface area (Å²) in [5, 5.41) is 11.6. The summed E-state index contributed by atoms with van der Waals surface area (Å²) < 4.78 is 0. The largest absolute Gasteiger partial charge is 0.135 e. The van der Waals surface area contributed by atoms with Crippen molar-refractivity contribution in [2.45, 2.75) is 13.8 Å². The standard InChI is InChI=1S/C11H11N3/c1-8-11(9(2)13-14-12-8)10-6-4-3-5-7-10/h3-7H,1-2H3. The SMILES string of the molecule is Cc1nnnc(C)c1-c1ccccc1. The average molecular weight is 185 g/mol. The molecule has 3 nitrogen and oxygen atoms in total. The Bertz CT molecular complexity index is 417. The fraction of sp³-hybridized carbons (Fsp3) is 0.182. The minimum atomic E-state index is 0.920. The highest BCUT2D eigenvalue weighted by molar-refractivity contribution is 5.67. The van der Waals surface area contributed by atoms with Gasteiger partial charge in [0, 0.05) is 5.56 Å². The Kier molecular flexibility index (Phi) is 2.23. The number of nitrogens with zero attached hydrogens (tertiary/aromatic N) is 3. The van der Waals surface area contributed by atoms with E-state index in [-0.39, 0.29) is 0 Å². The molecule has 0 radical (unpaired) electrons. The fourth-order valence-corrected chi connectivity index (χ4v) is 1.54. The third-order valence-electron chi connectivity index (χ3n) is 2.18. The van der Waals surface area contributed by atoms with Crippen LogP contribution in [0.25, 0.3) is 11.1 Å². The summed E-state index contributed by atoms with van der Waals surface area (Å²) >= 11 is 0. The Morgan fingerprint density at radius 2 is 1.43 bits per heavy atom. The summed E-state index contributed by atoms with van der Waals surface area (Å²) in [4.78, 5) is 0. The van der Waals surface area contributed by atoms with Crippen molar-refractivity contribution in [3.05, 3.63) is 41.7 Å². The van der Waals surface area contributed by atoms with Gasteiger partial charge in [-0.05, 0) is 24.6 Å². The number of hydrogen-bond donors (Lipinski definition) is 0. The molecule has 0 aliphatic rings. The monoisotopic (exact) mass is 185 g/mol. The second kappa shape index (κ2) is 3.54. The predicted octanol–water partition coefficient (Wildman–Crippen LogP) is 2.16. The molecule has 70 valence electrons. The first-order valence-corrected chi connectivity index (χ1v) is 4.51. The lowest BCUT2D eigenvalue weighted by Crippen LogP contribution is -1.98. The molecule has 0 saturated heterocycles. The molecule has 1 aromatic carbocycles. The molecule has 0 spiro atoms. The second-order valence-electron chi connectivity index (χ2n) is 3.20. The minimum absolute atomic E-state index is 0.920. The van der Waals surface area contributed by atoms with Gasteiger partial charge in [0.25, 0.3) is 0 Å². The molecule has 0 atom stereocenters. The van der Waals surface area contributed by atoms with Gasteiger partial charge < -0.3 is 0 Å². The van der Waals surface area contributed by atoms with Crippen LogP contribution in [0.15, 0.2) is 30.3 Å². The Morgan fingerprint density at radius 1 is 0.857 bits per heavy atom. The van der Waals surface area contributed by atoms with E-state index in [2.05, 4.69) is 27.5 Å². The zero-order valence-electron chi connectivity index (χ0n) is 8.23. The van der Waals surface area contributed by atoms with Gasteiger partial charge in [-0.3, -0.25) is 0 Å². The van der Waals surface area contributed by atoms with Gasteiger partial charge in [-0.2, -0.15) is 0 Å². The normalized spacial score (nSPS) is 10.1. The summed E-state index contributed by atoms with van der Waals surface area (Å²) in [6, 6.07) is 10.1. The van der Waals surface area contributed by atoms with E-state index in [1.165, 1.54) is 0 Å². The Labute approximate surface area is 82.8 Å². The fourth-order valence-electron chi connectivity index (χ4n) is 1.54. The molecule has 14 heavy (non-hydrogen) atoms. The van der Waals surface area contributed by atoms with Crippen LogP contribution in [0.2, 0.25) is 0 Å². The van der Waals surface area contributed by atoms with Crippen LogP contribution in [0, 0.1) is 13.8 Å². The number of rotatable bonds is 1. The topological polar surface area (TPSA) is 38.7 Å². The van der Waals surface area contributed by atoms with Gasteiger partial charge in [0.05, 0.1) is 11.4 Å². The lowest BCUT2D eigenvalue weighted by Gasteiger charge is -2.05. The van der Waals surface area contributed by atoms with Crippen molar-refractivity contribution in [2.75, 3.05) is 0 Å². The first-order valence-electron chi connectivity index (χ1n) is 4.51.